The molecule has 0 bridgehead atoms. The fourth-order valence-corrected chi connectivity index (χ4v) is 13.8. The lowest BCUT2D eigenvalue weighted by molar-refractivity contribution is 0.482. The van der Waals surface area contributed by atoms with Crippen molar-refractivity contribution in [2.45, 2.75) is 110 Å². The van der Waals surface area contributed by atoms with Crippen LogP contribution in [0.3, 0.4) is 0 Å². The first kappa shape index (κ1) is 56.4. The van der Waals surface area contributed by atoms with Crippen LogP contribution in [0.1, 0.15) is 128 Å². The first-order valence-electron chi connectivity index (χ1n) is 31.3. The smallest absolute Gasteiger partial charge is 0.137 e. The Morgan fingerprint density at radius 3 is 1.51 bits per heavy atom. The molecule has 88 heavy (non-hydrogen) atoms. The van der Waals surface area contributed by atoms with Gasteiger partial charge in [-0.05, 0) is 149 Å². The number of anilines is 4. The number of benzene rings is 10. The minimum atomic E-state index is -0.621. The summed E-state index contributed by atoms with van der Waals surface area (Å²) in [5, 5.41) is 2.46. The third-order valence-electron chi connectivity index (χ3n) is 18.6. The van der Waals surface area contributed by atoms with E-state index in [4.69, 9.17) is 9.72 Å². The van der Waals surface area contributed by atoms with Crippen LogP contribution in [0.15, 0.2) is 243 Å². The Kier molecular flexibility index (Phi) is 13.4. The van der Waals surface area contributed by atoms with Gasteiger partial charge in [0.05, 0.1) is 33.5 Å². The second-order valence-electron chi connectivity index (χ2n) is 28.5. The summed E-state index contributed by atoms with van der Waals surface area (Å²) in [7, 11) is 0. The van der Waals surface area contributed by atoms with Crippen LogP contribution in [0.4, 0.5) is 22.7 Å². The fraction of sp³-hybridized carbons (Fsp3) is 0.217. The van der Waals surface area contributed by atoms with Crippen LogP contribution in [0, 0.1) is 0 Å². The van der Waals surface area contributed by atoms with Crippen LogP contribution >= 0.6 is 0 Å². The van der Waals surface area contributed by atoms with E-state index in [1.165, 1.54) is 94.3 Å². The van der Waals surface area contributed by atoms with Gasteiger partial charge in [0.25, 0.3) is 0 Å². The predicted molar refractivity (Wildman–Crippen MR) is 370 cm³/mol. The molecule has 0 unspecified atom stereocenters. The Bertz CT molecular complexity index is 4570. The van der Waals surface area contributed by atoms with Gasteiger partial charge in [-0.25, -0.2) is 4.98 Å². The molecule has 5 nitrogen and oxygen atoms in total. The first-order valence-corrected chi connectivity index (χ1v) is 31.3. The number of pyridine rings is 1. The molecule has 12 aromatic rings. The van der Waals surface area contributed by atoms with E-state index in [1.54, 1.807) is 0 Å². The second-order valence-corrected chi connectivity index (χ2v) is 28.5. The third-order valence-corrected chi connectivity index (χ3v) is 18.6. The number of fused-ring (bicyclic) bond motifs is 1. The highest BCUT2D eigenvalue weighted by molar-refractivity contribution is 6.18. The molecule has 2 aromatic heterocycles. The number of aromatic nitrogens is 2. The highest BCUT2D eigenvalue weighted by Crippen LogP contribution is 2.59. The molecule has 0 radical (unpaired) electrons. The zero-order valence-corrected chi connectivity index (χ0v) is 53.0. The molecule has 3 heterocycles. The van der Waals surface area contributed by atoms with Crippen molar-refractivity contribution >= 4 is 44.6 Å². The van der Waals surface area contributed by atoms with E-state index in [0.717, 1.165) is 45.4 Å². The summed E-state index contributed by atoms with van der Waals surface area (Å²) in [5.41, 5.74) is 22.9. The Hall–Kier alpha value is -9.45. The predicted octanol–water partition coefficient (Wildman–Crippen LogP) is 22.1. The van der Waals surface area contributed by atoms with Crippen LogP contribution in [0.25, 0.3) is 61.0 Å². The number of hydrogen-bond acceptors (Lipinski definition) is 4. The highest BCUT2D eigenvalue weighted by atomic mass is 16.5. The average Bonchev–Trinajstić information content (AvgIpc) is 1.51. The van der Waals surface area contributed by atoms with E-state index < -0.39 is 5.41 Å². The van der Waals surface area contributed by atoms with Crippen LogP contribution < -0.4 is 14.5 Å². The quantitative estimate of drug-likeness (QED) is 0.137. The highest BCUT2D eigenvalue weighted by Gasteiger charge is 2.47. The normalized spacial score (nSPS) is 13.9. The summed E-state index contributed by atoms with van der Waals surface area (Å²) >= 11 is 0. The van der Waals surface area contributed by atoms with Gasteiger partial charge in [0.15, 0.2) is 0 Å². The van der Waals surface area contributed by atoms with Crippen molar-refractivity contribution in [3.8, 4) is 50.7 Å². The minimum Gasteiger partial charge on any atom is -0.457 e. The van der Waals surface area contributed by atoms with Crippen molar-refractivity contribution in [3.05, 3.63) is 287 Å². The van der Waals surface area contributed by atoms with Crippen molar-refractivity contribution in [1.82, 2.24) is 9.55 Å². The summed E-state index contributed by atoms with van der Waals surface area (Å²) in [6.45, 7) is 28.4. The van der Waals surface area contributed by atoms with Crippen LogP contribution in [-0.4, -0.2) is 16.2 Å². The van der Waals surface area contributed by atoms with E-state index in [1.807, 2.05) is 6.20 Å². The average molecular weight is 1150 g/mol. The van der Waals surface area contributed by atoms with E-state index in [9.17, 15) is 0 Å². The van der Waals surface area contributed by atoms with E-state index >= 15 is 0 Å². The summed E-state index contributed by atoms with van der Waals surface area (Å²) in [6, 6.07) is 87.8. The van der Waals surface area contributed by atoms with Crippen molar-refractivity contribution in [1.29, 1.82) is 0 Å². The van der Waals surface area contributed by atoms with E-state index in [2.05, 4.69) is 334 Å². The molecule has 14 rings (SSSR count). The largest absolute Gasteiger partial charge is 0.457 e. The van der Waals surface area contributed by atoms with Gasteiger partial charge in [-0.15, -0.1) is 0 Å². The topological polar surface area (TPSA) is 33.5 Å². The molecule has 0 amide bonds. The zero-order valence-electron chi connectivity index (χ0n) is 53.0. The van der Waals surface area contributed by atoms with Crippen LogP contribution in [0.5, 0.6) is 11.5 Å². The van der Waals surface area contributed by atoms with Crippen molar-refractivity contribution in [3.63, 3.8) is 0 Å². The van der Waals surface area contributed by atoms with Gasteiger partial charge in [0.2, 0.25) is 0 Å². The van der Waals surface area contributed by atoms with Gasteiger partial charge < -0.3 is 14.5 Å². The number of para-hydroxylation sites is 2. The van der Waals surface area contributed by atoms with Gasteiger partial charge >= 0.3 is 0 Å². The molecule has 10 aromatic carbocycles. The maximum atomic E-state index is 7.39. The standard InChI is InChI=1S/C83H78N4O/c1-79(2,3)60-42-43-84-75(49-60)87-73-37-25-34-69-76(73)77-70(83(69,58-28-18-14-19-29-58)59-30-20-15-21-31-59)51-66(52-74(77)87)88-65-33-24-32-64(50-65)85-53-86(72-36-23-22-35-71(72)85)78-67(56-40-38-55(39-41-56)54-26-16-13-17-27-54)47-63(82(10,11)12)48-68(78)57-44-61(80(4,5)6)46-62(45-57)81(7,8)9/h13-52H,53H2,1-12H3. The Balaban J connectivity index is 0.936. The SMILES string of the molecule is CC(C)(C)c1cc(-c2cc(C(C)(C)C)cc(-c3ccc(-c4ccccc4)cc3)c2N2CN(c3cccc(Oc4cc5c6c7c(cccc7n(-c7cc(C(C)(C)C)ccn7)c6c4)C5(c4ccccc4)c4ccccc4)c3)c3ccccc32)cc(C(C)(C)C)c1. The van der Waals surface area contributed by atoms with E-state index in [0.29, 0.717) is 6.67 Å². The molecule has 0 atom stereocenters. The lowest BCUT2D eigenvalue weighted by Gasteiger charge is -2.35. The van der Waals surface area contributed by atoms with Crippen LogP contribution in [0.2, 0.25) is 0 Å². The Morgan fingerprint density at radius 2 is 0.898 bits per heavy atom. The molecule has 0 saturated heterocycles. The van der Waals surface area contributed by atoms with Gasteiger partial charge in [-0.1, -0.05) is 247 Å². The monoisotopic (exact) mass is 1150 g/mol. The number of ether oxygens (including phenoxy) is 1. The lowest BCUT2D eigenvalue weighted by Crippen LogP contribution is -2.29. The van der Waals surface area contributed by atoms with Gasteiger partial charge in [-0.3, -0.25) is 4.57 Å². The maximum Gasteiger partial charge on any atom is 0.137 e. The molecular formula is C83H78N4O. The summed E-state index contributed by atoms with van der Waals surface area (Å²) in [5.74, 6) is 2.40. The second kappa shape index (κ2) is 20.9. The molecule has 2 aliphatic rings. The molecule has 5 heteroatoms. The lowest BCUT2D eigenvalue weighted by atomic mass is 9.67. The van der Waals surface area contributed by atoms with E-state index in [-0.39, 0.29) is 21.7 Å². The Morgan fingerprint density at radius 1 is 0.375 bits per heavy atom. The van der Waals surface area contributed by atoms with Crippen molar-refractivity contribution in [2.75, 3.05) is 16.5 Å². The molecular weight excluding hydrogens is 1070 g/mol. The summed E-state index contributed by atoms with van der Waals surface area (Å²) < 4.78 is 9.75. The van der Waals surface area contributed by atoms with Gasteiger partial charge in [-0.2, -0.15) is 0 Å². The molecule has 1 aliphatic heterocycles. The minimum absolute atomic E-state index is 0.0729. The third kappa shape index (κ3) is 9.58. The molecule has 0 saturated carbocycles. The first-order chi connectivity index (χ1) is 42.1. The summed E-state index contributed by atoms with van der Waals surface area (Å²) in [4.78, 5) is 10.2. The van der Waals surface area contributed by atoms with Gasteiger partial charge in [0.1, 0.15) is 24.0 Å². The molecule has 0 fully saturated rings. The van der Waals surface area contributed by atoms with Crippen molar-refractivity contribution in [2.24, 2.45) is 0 Å². The van der Waals surface area contributed by atoms with Crippen LogP contribution in [-0.2, 0) is 27.1 Å². The number of rotatable bonds is 10. The zero-order chi connectivity index (χ0) is 61.1. The molecule has 0 N–H and O–H groups in total. The fourth-order valence-electron chi connectivity index (χ4n) is 13.8. The molecule has 1 aliphatic carbocycles. The number of hydrogen-bond donors (Lipinski definition) is 0. The van der Waals surface area contributed by atoms with Crippen molar-refractivity contribution < 1.29 is 4.74 Å². The maximum absolute atomic E-state index is 7.39. The molecule has 436 valence electrons. The van der Waals surface area contributed by atoms with Gasteiger partial charge in [0, 0.05) is 45.9 Å². The summed E-state index contributed by atoms with van der Waals surface area (Å²) in [6.07, 6.45) is 1.96. The number of nitrogens with zero attached hydrogens (tertiary/aromatic N) is 4. The Labute approximate surface area is 520 Å². The molecule has 0 spiro atoms.